The quantitative estimate of drug-likeness (QED) is 0.621. The first kappa shape index (κ1) is 22.8. The van der Waals surface area contributed by atoms with Crippen molar-refractivity contribution in [2.75, 3.05) is 44.7 Å². The number of aromatic nitrogens is 4. The number of nitrogens with one attached hydrogen (secondary N) is 2. The van der Waals surface area contributed by atoms with Gasteiger partial charge in [0, 0.05) is 39.3 Å². The van der Waals surface area contributed by atoms with E-state index in [2.05, 4.69) is 68.9 Å². The Balaban J connectivity index is 0.000000351. The molecule has 180 valence electrons. The molecule has 1 aromatic carbocycles. The van der Waals surface area contributed by atoms with E-state index in [1.54, 1.807) is 6.33 Å². The average molecular weight is 461 g/mol. The second-order valence-corrected chi connectivity index (χ2v) is 9.46. The van der Waals surface area contributed by atoms with Gasteiger partial charge in [-0.3, -0.25) is 0 Å². The molecule has 3 aromatic rings. The molecular weight excluding hydrogens is 424 g/mol. The van der Waals surface area contributed by atoms with Crippen LogP contribution in [0, 0.1) is 6.92 Å². The van der Waals surface area contributed by atoms with Gasteiger partial charge >= 0.3 is 0 Å². The number of nitrogens with zero attached hydrogens (tertiary/aromatic N) is 6. The van der Waals surface area contributed by atoms with Crippen LogP contribution in [0.3, 0.4) is 0 Å². The zero-order valence-corrected chi connectivity index (χ0v) is 20.6. The maximum atomic E-state index is 4.89. The second-order valence-electron chi connectivity index (χ2n) is 9.46. The van der Waals surface area contributed by atoms with Crippen molar-refractivity contribution in [2.45, 2.75) is 39.0 Å². The van der Waals surface area contributed by atoms with Crippen LogP contribution in [-0.4, -0.2) is 64.5 Å². The van der Waals surface area contributed by atoms with Crippen molar-refractivity contribution in [3.63, 3.8) is 0 Å². The van der Waals surface area contributed by atoms with E-state index in [1.165, 1.54) is 61.9 Å². The minimum Gasteiger partial charge on any atom is -0.356 e. The van der Waals surface area contributed by atoms with Crippen LogP contribution in [0.2, 0.25) is 0 Å². The molecule has 8 nitrogen and oxygen atoms in total. The molecule has 2 N–H and O–H groups in total. The lowest BCUT2D eigenvalue weighted by Crippen LogP contribution is -2.26. The van der Waals surface area contributed by atoms with Crippen LogP contribution >= 0.6 is 0 Å². The summed E-state index contributed by atoms with van der Waals surface area (Å²) in [5.41, 5.74) is 10.1. The molecule has 6 rings (SSSR count). The predicted octanol–water partition coefficient (Wildman–Crippen LogP) is 3.35. The van der Waals surface area contributed by atoms with Gasteiger partial charge in [0.2, 0.25) is 0 Å². The van der Waals surface area contributed by atoms with Crippen molar-refractivity contribution in [2.24, 2.45) is 7.05 Å². The van der Waals surface area contributed by atoms with E-state index in [9.17, 15) is 0 Å². The van der Waals surface area contributed by atoms with Gasteiger partial charge in [-0.2, -0.15) is 5.10 Å². The highest BCUT2D eigenvalue weighted by molar-refractivity contribution is 6.03. The summed E-state index contributed by atoms with van der Waals surface area (Å²) in [6.45, 7) is 7.44. The van der Waals surface area contributed by atoms with Crippen molar-refractivity contribution in [3.8, 4) is 0 Å². The highest BCUT2D eigenvalue weighted by Crippen LogP contribution is 2.37. The third kappa shape index (κ3) is 4.52. The van der Waals surface area contributed by atoms with E-state index < -0.39 is 0 Å². The fourth-order valence-corrected chi connectivity index (χ4v) is 5.09. The number of hydrogen-bond acceptors (Lipinski definition) is 7. The molecular formula is C26H36N8. The summed E-state index contributed by atoms with van der Waals surface area (Å²) in [4.78, 5) is 11.6. The normalized spacial score (nSPS) is 18.6. The lowest BCUT2D eigenvalue weighted by Gasteiger charge is -2.18. The van der Waals surface area contributed by atoms with Gasteiger partial charge < -0.3 is 15.2 Å². The molecule has 2 fully saturated rings. The third-order valence-electron chi connectivity index (χ3n) is 6.94. The van der Waals surface area contributed by atoms with Gasteiger partial charge in [0.1, 0.15) is 17.8 Å². The minimum atomic E-state index is 0.736. The zero-order chi connectivity index (χ0) is 23.5. The van der Waals surface area contributed by atoms with Gasteiger partial charge in [0.05, 0.1) is 11.1 Å². The van der Waals surface area contributed by atoms with E-state index in [0.717, 1.165) is 47.9 Å². The molecule has 0 spiro atoms. The van der Waals surface area contributed by atoms with Gasteiger partial charge in [0.15, 0.2) is 5.65 Å². The molecule has 3 aliphatic heterocycles. The molecule has 0 saturated carbocycles. The summed E-state index contributed by atoms with van der Waals surface area (Å²) in [5.74, 6) is 1.01. The van der Waals surface area contributed by atoms with Crippen LogP contribution < -0.4 is 15.6 Å². The second kappa shape index (κ2) is 10.1. The monoisotopic (exact) mass is 460 g/mol. The maximum Gasteiger partial charge on any atom is 0.163 e. The summed E-state index contributed by atoms with van der Waals surface area (Å²) < 4.78 is 1.88. The molecule has 8 heteroatoms. The Morgan fingerprint density at radius 1 is 0.882 bits per heavy atom. The van der Waals surface area contributed by atoms with Crippen molar-refractivity contribution < 1.29 is 0 Å². The number of anilines is 1. The number of fused-ring (bicyclic) bond motifs is 1. The Bertz CT molecular complexity index is 1140. The molecule has 0 amide bonds. The van der Waals surface area contributed by atoms with Crippen molar-refractivity contribution in [1.82, 2.24) is 35.5 Å². The number of hydrazine groups is 1. The molecule has 0 atom stereocenters. The summed E-state index contributed by atoms with van der Waals surface area (Å²) >= 11 is 0. The first-order valence-electron chi connectivity index (χ1n) is 12.5. The molecule has 0 aliphatic carbocycles. The SMILES string of the molecule is C1CCNCC1.Cc1ccc(C2=C(c3nn(C)c4ncnc(N5CCCC5)c34)CNN2C)cc1. The third-order valence-corrected chi connectivity index (χ3v) is 6.94. The van der Waals surface area contributed by atoms with Crippen LogP contribution in [0.5, 0.6) is 0 Å². The first-order valence-corrected chi connectivity index (χ1v) is 12.5. The molecule has 0 radical (unpaired) electrons. The van der Waals surface area contributed by atoms with Gasteiger partial charge in [0.25, 0.3) is 0 Å². The Kier molecular flexibility index (Phi) is 6.78. The van der Waals surface area contributed by atoms with E-state index >= 15 is 0 Å². The van der Waals surface area contributed by atoms with Crippen molar-refractivity contribution >= 4 is 28.1 Å². The highest BCUT2D eigenvalue weighted by Gasteiger charge is 2.29. The van der Waals surface area contributed by atoms with E-state index in [0.29, 0.717) is 0 Å². The fraction of sp³-hybridized carbons (Fsp3) is 0.500. The average Bonchev–Trinajstić information content (AvgIpc) is 3.61. The molecule has 2 saturated heterocycles. The Labute approximate surface area is 202 Å². The number of piperidine rings is 1. The topological polar surface area (TPSA) is 74.1 Å². The van der Waals surface area contributed by atoms with Crippen LogP contribution in [-0.2, 0) is 7.05 Å². The van der Waals surface area contributed by atoms with E-state index in [1.807, 2.05) is 11.7 Å². The maximum absolute atomic E-state index is 4.89. The number of benzene rings is 1. The standard InChI is InChI=1S/C21H25N7.C5H11N/c1-14-6-8-15(9-7-14)19-16(12-24-26(19)2)18-17-20(27(3)25-18)22-13-23-21(17)28-10-4-5-11-28;1-2-4-6-5-3-1/h6-9,13,24H,4-5,10-12H2,1-3H3;6H,1-5H2. The predicted molar refractivity (Wildman–Crippen MR) is 138 cm³/mol. The Morgan fingerprint density at radius 2 is 1.62 bits per heavy atom. The molecule has 34 heavy (non-hydrogen) atoms. The first-order chi connectivity index (χ1) is 16.6. The highest BCUT2D eigenvalue weighted by atomic mass is 15.5. The molecule has 3 aliphatic rings. The number of rotatable bonds is 3. The Morgan fingerprint density at radius 3 is 2.26 bits per heavy atom. The molecule has 2 aromatic heterocycles. The van der Waals surface area contributed by atoms with Crippen LogP contribution in [0.4, 0.5) is 5.82 Å². The van der Waals surface area contributed by atoms with Crippen LogP contribution in [0.15, 0.2) is 30.6 Å². The summed E-state index contributed by atoms with van der Waals surface area (Å²) in [6, 6.07) is 8.66. The summed E-state index contributed by atoms with van der Waals surface area (Å²) in [7, 11) is 4.02. The van der Waals surface area contributed by atoms with Gasteiger partial charge in [-0.25, -0.2) is 20.1 Å². The van der Waals surface area contributed by atoms with Crippen molar-refractivity contribution in [3.05, 3.63) is 47.4 Å². The number of aryl methyl sites for hydroxylation is 2. The summed E-state index contributed by atoms with van der Waals surface area (Å²) in [6.07, 6.45) is 8.30. The smallest absolute Gasteiger partial charge is 0.163 e. The summed E-state index contributed by atoms with van der Waals surface area (Å²) in [5, 5.41) is 11.3. The van der Waals surface area contributed by atoms with E-state index in [4.69, 9.17) is 5.10 Å². The lowest BCUT2D eigenvalue weighted by molar-refractivity contribution is 0.392. The number of hydrogen-bond donors (Lipinski definition) is 2. The van der Waals surface area contributed by atoms with Crippen molar-refractivity contribution in [1.29, 1.82) is 0 Å². The van der Waals surface area contributed by atoms with Gasteiger partial charge in [-0.05, 0) is 51.3 Å². The van der Waals surface area contributed by atoms with Gasteiger partial charge in [-0.15, -0.1) is 0 Å². The van der Waals surface area contributed by atoms with E-state index in [-0.39, 0.29) is 0 Å². The minimum absolute atomic E-state index is 0.736. The van der Waals surface area contributed by atoms with Crippen LogP contribution in [0.1, 0.15) is 48.9 Å². The van der Waals surface area contributed by atoms with Crippen LogP contribution in [0.25, 0.3) is 22.3 Å². The molecule has 0 unspecified atom stereocenters. The molecule has 0 bridgehead atoms. The molecule has 5 heterocycles. The largest absolute Gasteiger partial charge is 0.356 e. The fourth-order valence-electron chi connectivity index (χ4n) is 5.09. The Hall–Kier alpha value is -2.97. The lowest BCUT2D eigenvalue weighted by atomic mass is 10.0. The van der Waals surface area contributed by atoms with Gasteiger partial charge in [-0.1, -0.05) is 36.2 Å². The zero-order valence-electron chi connectivity index (χ0n) is 20.6.